The second-order valence-electron chi connectivity index (χ2n) is 6.87. The lowest BCUT2D eigenvalue weighted by Gasteiger charge is -2.32. The van der Waals surface area contributed by atoms with E-state index >= 15 is 0 Å². The number of nitrogens with zero attached hydrogens (tertiary/aromatic N) is 2. The second kappa shape index (κ2) is 6.86. The van der Waals surface area contributed by atoms with E-state index in [0.717, 1.165) is 42.8 Å². The quantitative estimate of drug-likeness (QED) is 0.767. The Bertz CT molecular complexity index is 953. The first kappa shape index (κ1) is 16.7. The molecule has 2 aromatic carbocycles. The van der Waals surface area contributed by atoms with Gasteiger partial charge in [-0.15, -0.1) is 0 Å². The Balaban J connectivity index is 1.47. The van der Waals surface area contributed by atoms with Crippen molar-refractivity contribution in [3.63, 3.8) is 0 Å². The molecule has 3 aromatic rings. The molecule has 0 saturated carbocycles. The number of halogens is 1. The van der Waals surface area contributed by atoms with Gasteiger partial charge in [-0.2, -0.15) is 0 Å². The Labute approximate surface area is 151 Å². The highest BCUT2D eigenvalue weighted by molar-refractivity contribution is 5.79. The lowest BCUT2D eigenvalue weighted by molar-refractivity contribution is 0.307. The van der Waals surface area contributed by atoms with Crippen LogP contribution in [0.15, 0.2) is 51.7 Å². The summed E-state index contributed by atoms with van der Waals surface area (Å²) in [6.07, 6.45) is 1.83. The molecule has 2 heterocycles. The zero-order valence-corrected chi connectivity index (χ0v) is 14.7. The Morgan fingerprint density at radius 1 is 1.12 bits per heavy atom. The average molecular weight is 355 g/mol. The van der Waals surface area contributed by atoms with Crippen LogP contribution in [0.1, 0.15) is 12.8 Å². The highest BCUT2D eigenvalue weighted by Gasteiger charge is 2.19. The molecule has 0 amide bonds. The van der Waals surface area contributed by atoms with Gasteiger partial charge in [-0.25, -0.2) is 4.79 Å². The maximum absolute atomic E-state index is 12.7. The molecule has 6 heteroatoms. The van der Waals surface area contributed by atoms with Crippen molar-refractivity contribution in [1.82, 2.24) is 4.57 Å². The van der Waals surface area contributed by atoms with Crippen molar-refractivity contribution in [2.24, 2.45) is 13.0 Å². The molecule has 0 spiro atoms. The molecule has 136 valence electrons. The van der Waals surface area contributed by atoms with E-state index in [9.17, 15) is 9.18 Å². The maximum atomic E-state index is 12.7. The molecule has 0 atom stereocenters. The van der Waals surface area contributed by atoms with Gasteiger partial charge in [0.1, 0.15) is 0 Å². The predicted molar refractivity (Wildman–Crippen MR) is 102 cm³/mol. The molecule has 0 unspecified atom stereocenters. The molecule has 1 N–H and O–H groups in total. The first-order valence-electron chi connectivity index (χ1n) is 8.91. The first-order valence-corrected chi connectivity index (χ1v) is 8.91. The largest absolute Gasteiger partial charge is 0.419 e. The third kappa shape index (κ3) is 3.19. The summed E-state index contributed by atoms with van der Waals surface area (Å²) in [6.45, 7) is 1.61. The number of aromatic nitrogens is 1. The summed E-state index contributed by atoms with van der Waals surface area (Å²) in [7, 11) is 1.69. The molecule has 4 rings (SSSR count). The Morgan fingerprint density at radius 3 is 2.50 bits per heavy atom. The molecule has 1 saturated heterocycles. The van der Waals surface area contributed by atoms with Crippen molar-refractivity contribution in [3.05, 3.63) is 53.0 Å². The van der Waals surface area contributed by atoms with E-state index in [-0.39, 0.29) is 18.3 Å². The van der Waals surface area contributed by atoms with Crippen LogP contribution < -0.4 is 16.0 Å². The average Bonchev–Trinajstić information content (AvgIpc) is 2.96. The third-order valence-corrected chi connectivity index (χ3v) is 5.15. The lowest BCUT2D eigenvalue weighted by Crippen LogP contribution is -2.34. The first-order chi connectivity index (χ1) is 12.6. The number of alkyl halides is 1. The number of anilines is 3. The van der Waals surface area contributed by atoms with Crippen molar-refractivity contribution in [2.75, 3.05) is 30.0 Å². The summed E-state index contributed by atoms with van der Waals surface area (Å²) in [6, 6.07) is 13.8. The predicted octanol–water partition coefficient (Wildman–Crippen LogP) is 4.06. The molecule has 1 aliphatic rings. The van der Waals surface area contributed by atoms with Crippen LogP contribution in [0, 0.1) is 5.92 Å². The van der Waals surface area contributed by atoms with Crippen LogP contribution in [0.3, 0.4) is 0 Å². The SMILES string of the molecule is Cn1c(=O)oc2ccc(Nc3ccc(N4CCC(CF)CC4)cc3)cc21. The minimum atomic E-state index is -0.363. The smallest absolute Gasteiger partial charge is 0.408 e. The standard InChI is InChI=1S/C20H22FN3O2/c1-23-18-12-16(4-7-19(18)26-20(23)25)22-15-2-5-17(6-3-15)24-10-8-14(13-21)9-11-24/h2-7,12,14,22H,8-11,13H2,1H3. The van der Waals surface area contributed by atoms with Crippen molar-refractivity contribution in [2.45, 2.75) is 12.8 Å². The zero-order chi connectivity index (χ0) is 18.1. The number of fused-ring (bicyclic) bond motifs is 1. The van der Waals surface area contributed by atoms with E-state index in [0.29, 0.717) is 5.58 Å². The van der Waals surface area contributed by atoms with Gasteiger partial charge >= 0.3 is 5.76 Å². The summed E-state index contributed by atoms with van der Waals surface area (Å²) in [5, 5.41) is 3.35. The van der Waals surface area contributed by atoms with Gasteiger partial charge in [0.05, 0.1) is 12.2 Å². The molecular formula is C20H22FN3O2. The summed E-state index contributed by atoms with van der Waals surface area (Å²) >= 11 is 0. The monoisotopic (exact) mass is 355 g/mol. The molecule has 0 radical (unpaired) electrons. The fourth-order valence-electron chi connectivity index (χ4n) is 3.47. The highest BCUT2D eigenvalue weighted by atomic mass is 19.1. The molecule has 1 fully saturated rings. The molecule has 26 heavy (non-hydrogen) atoms. The third-order valence-electron chi connectivity index (χ3n) is 5.15. The minimum Gasteiger partial charge on any atom is -0.408 e. The number of nitrogens with one attached hydrogen (secondary N) is 1. The fourth-order valence-corrected chi connectivity index (χ4v) is 3.47. The summed E-state index contributed by atoms with van der Waals surface area (Å²) in [4.78, 5) is 13.9. The zero-order valence-electron chi connectivity index (χ0n) is 14.7. The summed E-state index contributed by atoms with van der Waals surface area (Å²) in [5.41, 5.74) is 4.37. The minimum absolute atomic E-state index is 0.205. The molecule has 0 bridgehead atoms. The van der Waals surface area contributed by atoms with Crippen LogP contribution in [0.2, 0.25) is 0 Å². The number of hydrogen-bond acceptors (Lipinski definition) is 4. The lowest BCUT2D eigenvalue weighted by atomic mass is 9.98. The van der Waals surface area contributed by atoms with Crippen molar-refractivity contribution in [1.29, 1.82) is 0 Å². The maximum Gasteiger partial charge on any atom is 0.419 e. The topological polar surface area (TPSA) is 50.4 Å². The van der Waals surface area contributed by atoms with Crippen LogP contribution in [0.25, 0.3) is 11.1 Å². The molecule has 1 aliphatic heterocycles. The number of oxazole rings is 1. The van der Waals surface area contributed by atoms with Crippen LogP contribution in [0.5, 0.6) is 0 Å². The van der Waals surface area contributed by atoms with E-state index in [1.165, 1.54) is 10.3 Å². The molecule has 5 nitrogen and oxygen atoms in total. The number of aryl methyl sites for hydroxylation is 1. The van der Waals surface area contributed by atoms with Crippen LogP contribution in [-0.4, -0.2) is 24.3 Å². The van der Waals surface area contributed by atoms with Crippen molar-refractivity contribution < 1.29 is 8.81 Å². The van der Waals surface area contributed by atoms with E-state index in [1.807, 2.05) is 24.3 Å². The van der Waals surface area contributed by atoms with E-state index in [4.69, 9.17) is 4.42 Å². The van der Waals surface area contributed by atoms with E-state index in [2.05, 4.69) is 22.3 Å². The number of benzene rings is 2. The molecular weight excluding hydrogens is 333 g/mol. The van der Waals surface area contributed by atoms with Crippen LogP contribution >= 0.6 is 0 Å². The Kier molecular flexibility index (Phi) is 4.41. The van der Waals surface area contributed by atoms with Crippen molar-refractivity contribution in [3.8, 4) is 0 Å². The Hall–Kier alpha value is -2.76. The Morgan fingerprint density at radius 2 is 1.81 bits per heavy atom. The summed E-state index contributed by atoms with van der Waals surface area (Å²) in [5.74, 6) is -0.140. The number of rotatable bonds is 4. The van der Waals surface area contributed by atoms with Gasteiger partial charge in [-0.1, -0.05) is 0 Å². The van der Waals surface area contributed by atoms with Gasteiger partial charge in [0.25, 0.3) is 0 Å². The molecule has 1 aromatic heterocycles. The summed E-state index contributed by atoms with van der Waals surface area (Å²) < 4.78 is 19.4. The number of hydrogen-bond donors (Lipinski definition) is 1. The van der Waals surface area contributed by atoms with Gasteiger partial charge in [-0.05, 0) is 61.2 Å². The fraction of sp³-hybridized carbons (Fsp3) is 0.350. The molecule has 0 aliphatic carbocycles. The van der Waals surface area contributed by atoms with E-state index in [1.54, 1.807) is 13.1 Å². The van der Waals surface area contributed by atoms with E-state index < -0.39 is 0 Å². The van der Waals surface area contributed by atoms with Crippen LogP contribution in [-0.2, 0) is 7.05 Å². The second-order valence-corrected chi connectivity index (χ2v) is 6.87. The normalized spacial score (nSPS) is 15.5. The highest BCUT2D eigenvalue weighted by Crippen LogP contribution is 2.26. The van der Waals surface area contributed by atoms with Gasteiger partial charge in [-0.3, -0.25) is 8.96 Å². The number of piperidine rings is 1. The van der Waals surface area contributed by atoms with Gasteiger partial charge in [0, 0.05) is 37.2 Å². The van der Waals surface area contributed by atoms with Crippen molar-refractivity contribution >= 4 is 28.2 Å². The van der Waals surface area contributed by atoms with Gasteiger partial charge in [0.15, 0.2) is 5.58 Å². The van der Waals surface area contributed by atoms with Gasteiger partial charge in [0.2, 0.25) is 0 Å². The van der Waals surface area contributed by atoms with Gasteiger partial charge < -0.3 is 14.6 Å². The van der Waals surface area contributed by atoms with Crippen LogP contribution in [0.4, 0.5) is 21.5 Å².